The first-order valence-corrected chi connectivity index (χ1v) is 5.04. The van der Waals surface area contributed by atoms with Crippen LogP contribution < -0.4 is 10.2 Å². The van der Waals surface area contributed by atoms with Crippen LogP contribution in [-0.4, -0.2) is 59.6 Å². The zero-order valence-corrected chi connectivity index (χ0v) is 9.05. The molecule has 1 atom stereocenters. The molecule has 84 valence electrons. The van der Waals surface area contributed by atoms with E-state index in [1.54, 1.807) is 4.68 Å². The fraction of sp³-hybridized carbons (Fsp3) is 0.875. The molecule has 1 saturated heterocycles. The van der Waals surface area contributed by atoms with Crippen molar-refractivity contribution in [2.75, 3.05) is 38.3 Å². The Morgan fingerprint density at radius 3 is 3.13 bits per heavy atom. The molecule has 0 bridgehead atoms. The molecule has 1 aromatic rings. The number of tetrazole rings is 1. The number of hydrogen-bond acceptors (Lipinski definition) is 6. The Kier molecular flexibility index (Phi) is 3.12. The molecule has 7 heteroatoms. The highest BCUT2D eigenvalue weighted by Gasteiger charge is 2.25. The van der Waals surface area contributed by atoms with Crippen molar-refractivity contribution < 1.29 is 4.74 Å². The van der Waals surface area contributed by atoms with Crippen molar-refractivity contribution in [3.05, 3.63) is 0 Å². The summed E-state index contributed by atoms with van der Waals surface area (Å²) in [5.41, 5.74) is 0. The molecule has 15 heavy (non-hydrogen) atoms. The zero-order valence-electron chi connectivity index (χ0n) is 9.05. The molecule has 1 unspecified atom stereocenters. The quantitative estimate of drug-likeness (QED) is 0.667. The number of hydrogen-bond donors (Lipinski definition) is 1. The van der Waals surface area contributed by atoms with Gasteiger partial charge in [0.05, 0.1) is 19.3 Å². The predicted molar refractivity (Wildman–Crippen MR) is 54.7 cm³/mol. The van der Waals surface area contributed by atoms with E-state index in [-0.39, 0.29) is 0 Å². The van der Waals surface area contributed by atoms with Gasteiger partial charge in [-0.15, -0.1) is 0 Å². The fourth-order valence-electron chi connectivity index (χ4n) is 1.79. The smallest absolute Gasteiger partial charge is 0.245 e. The van der Waals surface area contributed by atoms with Gasteiger partial charge in [0, 0.05) is 20.1 Å². The van der Waals surface area contributed by atoms with Crippen LogP contribution in [0.15, 0.2) is 0 Å². The summed E-state index contributed by atoms with van der Waals surface area (Å²) < 4.78 is 7.13. The van der Waals surface area contributed by atoms with E-state index in [0.29, 0.717) is 12.6 Å². The van der Waals surface area contributed by atoms with Gasteiger partial charge in [-0.25, -0.2) is 4.68 Å². The Labute approximate surface area is 88.4 Å². The van der Waals surface area contributed by atoms with Crippen molar-refractivity contribution in [2.45, 2.75) is 6.04 Å². The van der Waals surface area contributed by atoms with Gasteiger partial charge in [0.25, 0.3) is 0 Å². The molecule has 0 radical (unpaired) electrons. The molecule has 1 fully saturated rings. The molecule has 2 rings (SSSR count). The van der Waals surface area contributed by atoms with Crippen molar-refractivity contribution in [3.63, 3.8) is 0 Å². The van der Waals surface area contributed by atoms with Gasteiger partial charge in [-0.05, 0) is 17.5 Å². The summed E-state index contributed by atoms with van der Waals surface area (Å²) in [5.74, 6) is 0.804. The lowest BCUT2D eigenvalue weighted by Gasteiger charge is -2.35. The third-order valence-electron chi connectivity index (χ3n) is 2.52. The summed E-state index contributed by atoms with van der Waals surface area (Å²) in [5, 5.41) is 14.7. The van der Waals surface area contributed by atoms with Crippen molar-refractivity contribution in [2.24, 2.45) is 7.05 Å². The van der Waals surface area contributed by atoms with Gasteiger partial charge in [-0.2, -0.15) is 0 Å². The second-order valence-electron chi connectivity index (χ2n) is 3.58. The van der Waals surface area contributed by atoms with Crippen LogP contribution in [0.4, 0.5) is 5.95 Å². The lowest BCUT2D eigenvalue weighted by Crippen LogP contribution is -2.51. The average molecular weight is 212 g/mol. The number of aromatic nitrogens is 4. The molecule has 2 heterocycles. The molecule has 7 nitrogen and oxygen atoms in total. The molecule has 0 spiro atoms. The summed E-state index contributed by atoms with van der Waals surface area (Å²) in [7, 11) is 3.78. The molecule has 1 aromatic heterocycles. The zero-order chi connectivity index (χ0) is 10.7. The molecule has 0 aromatic carbocycles. The standard InChI is InChI=1S/C8H16N6O/c1-9-5-7-6-15-4-3-14(7)8-10-11-12-13(8)2/h7,9H,3-6H2,1-2H3. The number of anilines is 1. The molecule has 0 saturated carbocycles. The van der Waals surface area contributed by atoms with Crippen molar-refractivity contribution >= 4 is 5.95 Å². The first kappa shape index (κ1) is 10.3. The monoisotopic (exact) mass is 212 g/mol. The summed E-state index contributed by atoms with van der Waals surface area (Å²) in [4.78, 5) is 2.18. The summed E-state index contributed by atoms with van der Waals surface area (Å²) in [6.07, 6.45) is 0. The normalized spacial score (nSPS) is 22.0. The maximum Gasteiger partial charge on any atom is 0.245 e. The highest BCUT2D eigenvalue weighted by atomic mass is 16.5. The highest BCUT2D eigenvalue weighted by molar-refractivity contribution is 5.30. The van der Waals surface area contributed by atoms with Crippen LogP contribution in [0.2, 0.25) is 0 Å². The second kappa shape index (κ2) is 4.54. The third-order valence-corrected chi connectivity index (χ3v) is 2.52. The van der Waals surface area contributed by atoms with Crippen molar-refractivity contribution in [1.82, 2.24) is 25.5 Å². The van der Waals surface area contributed by atoms with Crippen LogP contribution in [0.25, 0.3) is 0 Å². The first-order valence-electron chi connectivity index (χ1n) is 5.04. The lowest BCUT2D eigenvalue weighted by molar-refractivity contribution is 0.0931. The second-order valence-corrected chi connectivity index (χ2v) is 3.58. The van der Waals surface area contributed by atoms with Crippen LogP contribution in [0.1, 0.15) is 0 Å². The van der Waals surface area contributed by atoms with Crippen LogP contribution in [-0.2, 0) is 11.8 Å². The van der Waals surface area contributed by atoms with Gasteiger partial charge in [-0.1, -0.05) is 5.10 Å². The first-order chi connectivity index (χ1) is 7.33. The van der Waals surface area contributed by atoms with E-state index in [2.05, 4.69) is 25.7 Å². The van der Waals surface area contributed by atoms with Crippen LogP contribution >= 0.6 is 0 Å². The molecule has 1 aliphatic heterocycles. The van der Waals surface area contributed by atoms with E-state index in [1.165, 1.54) is 0 Å². The van der Waals surface area contributed by atoms with E-state index in [1.807, 2.05) is 14.1 Å². The van der Waals surface area contributed by atoms with Crippen LogP contribution in [0.5, 0.6) is 0 Å². The van der Waals surface area contributed by atoms with Crippen molar-refractivity contribution in [3.8, 4) is 0 Å². The van der Waals surface area contributed by atoms with Gasteiger partial charge in [0.15, 0.2) is 0 Å². The minimum absolute atomic E-state index is 0.299. The Bertz CT molecular complexity index is 312. The average Bonchev–Trinajstić information content (AvgIpc) is 2.66. The van der Waals surface area contributed by atoms with Gasteiger partial charge in [0.1, 0.15) is 0 Å². The van der Waals surface area contributed by atoms with E-state index >= 15 is 0 Å². The van der Waals surface area contributed by atoms with Gasteiger partial charge in [0.2, 0.25) is 5.95 Å². The number of aryl methyl sites for hydroxylation is 1. The maximum atomic E-state index is 5.44. The largest absolute Gasteiger partial charge is 0.377 e. The molecule has 1 N–H and O–H groups in total. The minimum Gasteiger partial charge on any atom is -0.377 e. The van der Waals surface area contributed by atoms with Crippen LogP contribution in [0.3, 0.4) is 0 Å². The SMILES string of the molecule is CNCC1COCCN1c1nnnn1C. The van der Waals surface area contributed by atoms with Gasteiger partial charge >= 0.3 is 0 Å². The van der Waals surface area contributed by atoms with Crippen molar-refractivity contribution in [1.29, 1.82) is 0 Å². The summed E-state index contributed by atoms with van der Waals surface area (Å²) >= 11 is 0. The Balaban J connectivity index is 2.14. The van der Waals surface area contributed by atoms with E-state index in [9.17, 15) is 0 Å². The lowest BCUT2D eigenvalue weighted by atomic mass is 10.2. The van der Waals surface area contributed by atoms with E-state index in [4.69, 9.17) is 4.74 Å². The number of nitrogens with one attached hydrogen (secondary N) is 1. The molecule has 1 aliphatic rings. The maximum absolute atomic E-state index is 5.44. The van der Waals surface area contributed by atoms with E-state index < -0.39 is 0 Å². The fourth-order valence-corrected chi connectivity index (χ4v) is 1.79. The highest BCUT2D eigenvalue weighted by Crippen LogP contribution is 2.14. The Hall–Kier alpha value is -1.21. The van der Waals surface area contributed by atoms with E-state index in [0.717, 1.165) is 25.6 Å². The number of morpholine rings is 1. The minimum atomic E-state index is 0.299. The molecular weight excluding hydrogens is 196 g/mol. The van der Waals surface area contributed by atoms with Gasteiger partial charge in [-0.3, -0.25) is 0 Å². The number of ether oxygens (including phenoxy) is 1. The van der Waals surface area contributed by atoms with Gasteiger partial charge < -0.3 is 15.0 Å². The third kappa shape index (κ3) is 2.07. The molecule has 0 amide bonds. The molecular formula is C8H16N6O. The number of likely N-dealkylation sites (N-methyl/N-ethyl adjacent to an activating group) is 1. The Morgan fingerprint density at radius 2 is 2.47 bits per heavy atom. The number of nitrogens with zero attached hydrogens (tertiary/aromatic N) is 5. The summed E-state index contributed by atoms with van der Waals surface area (Å²) in [6.45, 7) is 3.15. The molecule has 0 aliphatic carbocycles. The van der Waals surface area contributed by atoms with Crippen LogP contribution in [0, 0.1) is 0 Å². The number of rotatable bonds is 3. The summed E-state index contributed by atoms with van der Waals surface area (Å²) in [6, 6.07) is 0.299. The topological polar surface area (TPSA) is 68.1 Å². The Morgan fingerprint density at radius 1 is 1.60 bits per heavy atom. The predicted octanol–water partition coefficient (Wildman–Crippen LogP) is -1.37.